The molecule has 0 amide bonds. The van der Waals surface area contributed by atoms with E-state index in [1.165, 1.54) is 11.1 Å². The Kier molecular flexibility index (Phi) is 2.89. The Morgan fingerprint density at radius 1 is 1.19 bits per heavy atom. The maximum absolute atomic E-state index is 10.4. The molecule has 0 unspecified atom stereocenters. The highest BCUT2D eigenvalue weighted by molar-refractivity contribution is 5.40. The standard InChI is InChI=1S/C18H24O3/c1-18-7-6-13-12-5-3-11(19)8-10(12)2-4-14(13)15(18)9-16(20)17(18)21/h3,5,8,13-17,19-21H,2,4,6-7,9H2,1H3/t13-,14+,15-,16+,17-,18+/m0/s1. The summed E-state index contributed by atoms with van der Waals surface area (Å²) in [7, 11) is 0. The number of aromatic hydroxyl groups is 1. The SMILES string of the molecule is C[C@@]12CC[C@H]3c4ccc(O)cc4CC[C@H]3[C@@H]1C[C@@H](O)[C@@H]2O. The van der Waals surface area contributed by atoms with E-state index in [0.717, 1.165) is 32.1 Å². The van der Waals surface area contributed by atoms with E-state index in [1.54, 1.807) is 6.07 Å². The maximum atomic E-state index is 10.4. The first-order valence-corrected chi connectivity index (χ1v) is 8.18. The largest absolute Gasteiger partial charge is 0.508 e. The summed E-state index contributed by atoms with van der Waals surface area (Å²) < 4.78 is 0. The number of rotatable bonds is 0. The second-order valence-corrected chi connectivity index (χ2v) is 7.59. The maximum Gasteiger partial charge on any atom is 0.115 e. The fourth-order valence-corrected chi connectivity index (χ4v) is 5.56. The van der Waals surface area contributed by atoms with Gasteiger partial charge < -0.3 is 15.3 Å². The minimum absolute atomic E-state index is 0.116. The number of phenols is 1. The van der Waals surface area contributed by atoms with Gasteiger partial charge in [-0.2, -0.15) is 0 Å². The van der Waals surface area contributed by atoms with Crippen molar-refractivity contribution in [3.05, 3.63) is 29.3 Å². The first kappa shape index (κ1) is 13.6. The Hall–Kier alpha value is -1.06. The monoisotopic (exact) mass is 288 g/mol. The van der Waals surface area contributed by atoms with E-state index in [1.807, 2.05) is 6.07 Å². The number of phenolic OH excluding ortho intramolecular Hbond substituents is 1. The first-order valence-electron chi connectivity index (χ1n) is 8.18. The van der Waals surface area contributed by atoms with Crippen LogP contribution in [0.4, 0.5) is 0 Å². The minimum atomic E-state index is -0.565. The van der Waals surface area contributed by atoms with Gasteiger partial charge in [-0.1, -0.05) is 13.0 Å². The van der Waals surface area contributed by atoms with Crippen molar-refractivity contribution in [1.29, 1.82) is 0 Å². The number of hydrogen-bond donors (Lipinski definition) is 3. The number of aliphatic hydroxyl groups is 2. The van der Waals surface area contributed by atoms with Gasteiger partial charge in [-0.25, -0.2) is 0 Å². The molecule has 0 bridgehead atoms. The third kappa shape index (κ3) is 1.80. The van der Waals surface area contributed by atoms with Gasteiger partial charge in [-0.05, 0) is 78.5 Å². The molecule has 2 saturated carbocycles. The molecule has 3 N–H and O–H groups in total. The summed E-state index contributed by atoms with van der Waals surface area (Å²) in [4.78, 5) is 0. The molecule has 0 radical (unpaired) electrons. The molecule has 0 saturated heterocycles. The quantitative estimate of drug-likeness (QED) is 0.687. The highest BCUT2D eigenvalue weighted by Gasteiger charge is 2.57. The van der Waals surface area contributed by atoms with E-state index in [0.29, 0.717) is 23.5 Å². The fourth-order valence-electron chi connectivity index (χ4n) is 5.56. The molecule has 114 valence electrons. The molecule has 21 heavy (non-hydrogen) atoms. The lowest BCUT2D eigenvalue weighted by Crippen LogP contribution is -2.44. The van der Waals surface area contributed by atoms with Gasteiger partial charge in [0.25, 0.3) is 0 Å². The predicted octanol–water partition coefficient (Wildman–Crippen LogP) is 2.58. The second kappa shape index (κ2) is 4.47. The van der Waals surface area contributed by atoms with Gasteiger partial charge in [-0.3, -0.25) is 0 Å². The van der Waals surface area contributed by atoms with E-state index in [9.17, 15) is 15.3 Å². The van der Waals surface area contributed by atoms with Crippen LogP contribution in [0.5, 0.6) is 5.75 Å². The van der Waals surface area contributed by atoms with Crippen molar-refractivity contribution in [3.63, 3.8) is 0 Å². The zero-order chi connectivity index (χ0) is 14.8. The average molecular weight is 288 g/mol. The van der Waals surface area contributed by atoms with E-state index < -0.39 is 12.2 Å². The van der Waals surface area contributed by atoms with E-state index in [-0.39, 0.29) is 5.41 Å². The van der Waals surface area contributed by atoms with Crippen LogP contribution in [0.3, 0.4) is 0 Å². The molecule has 1 aromatic rings. The van der Waals surface area contributed by atoms with Gasteiger partial charge in [-0.15, -0.1) is 0 Å². The molecule has 3 aliphatic rings. The minimum Gasteiger partial charge on any atom is -0.508 e. The van der Waals surface area contributed by atoms with Crippen molar-refractivity contribution >= 4 is 0 Å². The average Bonchev–Trinajstić information content (AvgIpc) is 2.70. The Balaban J connectivity index is 1.71. The number of fused-ring (bicyclic) bond motifs is 5. The van der Waals surface area contributed by atoms with Crippen LogP contribution in [0.1, 0.15) is 49.7 Å². The van der Waals surface area contributed by atoms with Gasteiger partial charge in [0.1, 0.15) is 5.75 Å². The summed E-state index contributed by atoms with van der Waals surface area (Å²) in [5.41, 5.74) is 2.57. The summed E-state index contributed by atoms with van der Waals surface area (Å²) in [5.74, 6) is 1.88. The van der Waals surface area contributed by atoms with Crippen molar-refractivity contribution in [1.82, 2.24) is 0 Å². The van der Waals surface area contributed by atoms with Gasteiger partial charge in [0.05, 0.1) is 12.2 Å². The second-order valence-electron chi connectivity index (χ2n) is 7.59. The van der Waals surface area contributed by atoms with Crippen molar-refractivity contribution in [2.45, 2.75) is 57.2 Å². The van der Waals surface area contributed by atoms with Crippen LogP contribution in [-0.2, 0) is 6.42 Å². The highest BCUT2D eigenvalue weighted by Crippen LogP contribution is 2.60. The lowest BCUT2D eigenvalue weighted by Gasteiger charge is -2.49. The van der Waals surface area contributed by atoms with Crippen LogP contribution in [0.2, 0.25) is 0 Å². The third-order valence-corrected chi connectivity index (χ3v) is 6.68. The summed E-state index contributed by atoms with van der Waals surface area (Å²) in [6, 6.07) is 5.80. The molecule has 4 rings (SSSR count). The van der Waals surface area contributed by atoms with Gasteiger partial charge in [0, 0.05) is 0 Å². The molecule has 1 aromatic carbocycles. The first-order chi connectivity index (χ1) is 10.0. The molecule has 3 aliphatic carbocycles. The number of hydrogen-bond acceptors (Lipinski definition) is 3. The van der Waals surface area contributed by atoms with Gasteiger partial charge >= 0.3 is 0 Å². The third-order valence-electron chi connectivity index (χ3n) is 6.68. The molecule has 6 atom stereocenters. The van der Waals surface area contributed by atoms with Crippen molar-refractivity contribution in [3.8, 4) is 5.75 Å². The van der Waals surface area contributed by atoms with E-state index >= 15 is 0 Å². The van der Waals surface area contributed by atoms with Crippen molar-refractivity contribution in [2.75, 3.05) is 0 Å². The lowest BCUT2D eigenvalue weighted by molar-refractivity contribution is -0.0505. The summed E-state index contributed by atoms with van der Waals surface area (Å²) >= 11 is 0. The topological polar surface area (TPSA) is 60.7 Å². The number of aliphatic hydroxyl groups excluding tert-OH is 2. The molecule has 3 heteroatoms. The van der Waals surface area contributed by atoms with E-state index in [2.05, 4.69) is 13.0 Å². The Bertz CT molecular complexity index is 570. The zero-order valence-corrected chi connectivity index (χ0v) is 12.5. The molecule has 0 aliphatic heterocycles. The Labute approximate surface area is 125 Å². The van der Waals surface area contributed by atoms with Crippen LogP contribution in [0, 0.1) is 17.3 Å². The molecular formula is C18H24O3. The normalized spacial score (nSPS) is 44.8. The van der Waals surface area contributed by atoms with Crippen molar-refractivity contribution < 1.29 is 15.3 Å². The number of benzene rings is 1. The molecular weight excluding hydrogens is 264 g/mol. The zero-order valence-electron chi connectivity index (χ0n) is 12.5. The van der Waals surface area contributed by atoms with Crippen LogP contribution >= 0.6 is 0 Å². The molecule has 2 fully saturated rings. The van der Waals surface area contributed by atoms with Crippen LogP contribution in [-0.4, -0.2) is 27.5 Å². The van der Waals surface area contributed by atoms with Crippen LogP contribution < -0.4 is 0 Å². The van der Waals surface area contributed by atoms with Gasteiger partial charge in [0.15, 0.2) is 0 Å². The summed E-state index contributed by atoms with van der Waals surface area (Å²) in [6.45, 7) is 2.17. The van der Waals surface area contributed by atoms with E-state index in [4.69, 9.17) is 0 Å². The lowest BCUT2D eigenvalue weighted by atomic mass is 9.55. The predicted molar refractivity (Wildman–Crippen MR) is 80.1 cm³/mol. The summed E-state index contributed by atoms with van der Waals surface area (Å²) in [6.07, 6.45) is 3.80. The van der Waals surface area contributed by atoms with Crippen LogP contribution in [0.25, 0.3) is 0 Å². The molecule has 0 heterocycles. The Morgan fingerprint density at radius 3 is 2.81 bits per heavy atom. The summed E-state index contributed by atoms with van der Waals surface area (Å²) in [5, 5.41) is 30.2. The molecule has 0 spiro atoms. The van der Waals surface area contributed by atoms with Crippen molar-refractivity contribution in [2.24, 2.45) is 17.3 Å². The fraction of sp³-hybridized carbons (Fsp3) is 0.667. The Morgan fingerprint density at radius 2 is 2.00 bits per heavy atom. The highest BCUT2D eigenvalue weighted by atomic mass is 16.3. The smallest absolute Gasteiger partial charge is 0.115 e. The molecule has 0 aromatic heterocycles. The van der Waals surface area contributed by atoms with Gasteiger partial charge in [0.2, 0.25) is 0 Å². The molecule has 3 nitrogen and oxygen atoms in total. The number of aryl methyl sites for hydroxylation is 1. The van der Waals surface area contributed by atoms with Crippen LogP contribution in [0.15, 0.2) is 18.2 Å².